The fourth-order valence-corrected chi connectivity index (χ4v) is 2.01. The van der Waals surface area contributed by atoms with Crippen molar-refractivity contribution in [2.45, 2.75) is 6.42 Å². The van der Waals surface area contributed by atoms with Gasteiger partial charge in [0, 0.05) is 22.5 Å². The zero-order valence-electron chi connectivity index (χ0n) is 10.1. The monoisotopic (exact) mass is 296 g/mol. The van der Waals surface area contributed by atoms with Gasteiger partial charge in [0.15, 0.2) is 5.78 Å². The second-order valence-electron chi connectivity index (χ2n) is 3.78. The van der Waals surface area contributed by atoms with Crippen LogP contribution in [0.3, 0.4) is 0 Å². The van der Waals surface area contributed by atoms with Crippen molar-refractivity contribution >= 4 is 29.0 Å². The molecule has 4 nitrogen and oxygen atoms in total. The lowest BCUT2D eigenvalue weighted by molar-refractivity contribution is 0.0987. The van der Waals surface area contributed by atoms with Gasteiger partial charge in [-0.2, -0.15) is 0 Å². The molecule has 0 saturated heterocycles. The predicted octanol–water partition coefficient (Wildman–Crippen LogP) is 3.22. The number of hydrogen-bond acceptors (Lipinski definition) is 4. The summed E-state index contributed by atoms with van der Waals surface area (Å²) >= 11 is 11.8. The van der Waals surface area contributed by atoms with Gasteiger partial charge in [-0.15, -0.1) is 0 Å². The van der Waals surface area contributed by atoms with Crippen molar-refractivity contribution < 1.29 is 9.53 Å². The minimum Gasteiger partial charge on any atom is -0.481 e. The number of ether oxygens (including phenoxy) is 1. The molecule has 1 aromatic heterocycles. The van der Waals surface area contributed by atoms with Crippen molar-refractivity contribution in [1.29, 1.82) is 0 Å². The number of carbonyl (C=O) groups excluding carboxylic acids is 1. The summed E-state index contributed by atoms with van der Waals surface area (Å²) in [5.74, 6) is 0.186. The third kappa shape index (κ3) is 3.43. The number of Topliss-reactive ketones (excluding diaryl/α,β-unsaturated/α-hetero) is 1. The molecule has 0 amide bonds. The van der Waals surface area contributed by atoms with E-state index in [1.165, 1.54) is 19.5 Å². The first kappa shape index (κ1) is 13.8. The molecule has 1 aromatic carbocycles. The Labute approximate surface area is 120 Å². The third-order valence-corrected chi connectivity index (χ3v) is 3.09. The molecule has 0 aliphatic rings. The van der Waals surface area contributed by atoms with Crippen LogP contribution in [0.25, 0.3) is 0 Å². The first-order chi connectivity index (χ1) is 9.10. The van der Waals surface area contributed by atoms with E-state index in [-0.39, 0.29) is 17.9 Å². The van der Waals surface area contributed by atoms with Crippen LogP contribution in [0.4, 0.5) is 0 Å². The summed E-state index contributed by atoms with van der Waals surface area (Å²) < 4.78 is 4.95. The Morgan fingerprint density at radius 1 is 1.26 bits per heavy atom. The Morgan fingerprint density at radius 3 is 2.74 bits per heavy atom. The van der Waals surface area contributed by atoms with Crippen molar-refractivity contribution in [3.8, 4) is 5.88 Å². The molecule has 0 aliphatic carbocycles. The average Bonchev–Trinajstić information content (AvgIpc) is 2.42. The number of methoxy groups -OCH3 is 1. The molecule has 0 aliphatic heterocycles. The number of ketones is 1. The highest BCUT2D eigenvalue weighted by Gasteiger charge is 2.12. The molecule has 0 atom stereocenters. The Kier molecular flexibility index (Phi) is 4.35. The highest BCUT2D eigenvalue weighted by atomic mass is 35.5. The lowest BCUT2D eigenvalue weighted by Gasteiger charge is -2.05. The maximum absolute atomic E-state index is 12.1. The van der Waals surface area contributed by atoms with Gasteiger partial charge in [0.1, 0.15) is 12.0 Å². The molecule has 0 fully saturated rings. The van der Waals surface area contributed by atoms with Crippen LogP contribution in [0.5, 0.6) is 5.88 Å². The van der Waals surface area contributed by atoms with Gasteiger partial charge in [0.2, 0.25) is 5.88 Å². The second kappa shape index (κ2) is 5.99. The van der Waals surface area contributed by atoms with E-state index in [1.54, 1.807) is 18.2 Å². The standard InChI is InChI=1S/C13H10Cl2N2O2/c1-19-13-6-11(16-7-17-13)12(18)4-8-2-3-9(14)5-10(8)15/h2-3,5-7H,4H2,1H3. The lowest BCUT2D eigenvalue weighted by Crippen LogP contribution is -2.07. The van der Waals surface area contributed by atoms with Crippen molar-refractivity contribution in [2.75, 3.05) is 7.11 Å². The molecular formula is C13H10Cl2N2O2. The minimum atomic E-state index is -0.162. The first-order valence-electron chi connectivity index (χ1n) is 5.43. The fraction of sp³-hybridized carbons (Fsp3) is 0.154. The summed E-state index contributed by atoms with van der Waals surface area (Å²) in [6.07, 6.45) is 1.44. The van der Waals surface area contributed by atoms with Crippen molar-refractivity contribution in [1.82, 2.24) is 9.97 Å². The van der Waals surface area contributed by atoms with Crippen LogP contribution in [-0.4, -0.2) is 22.9 Å². The van der Waals surface area contributed by atoms with Gasteiger partial charge in [-0.05, 0) is 17.7 Å². The smallest absolute Gasteiger partial charge is 0.216 e. The van der Waals surface area contributed by atoms with Crippen molar-refractivity contribution in [2.24, 2.45) is 0 Å². The SMILES string of the molecule is COc1cc(C(=O)Cc2ccc(Cl)cc2Cl)ncn1. The number of carbonyl (C=O) groups is 1. The molecular weight excluding hydrogens is 287 g/mol. The highest BCUT2D eigenvalue weighted by molar-refractivity contribution is 6.35. The normalized spacial score (nSPS) is 10.3. The zero-order valence-corrected chi connectivity index (χ0v) is 11.6. The molecule has 0 radical (unpaired) electrons. The number of rotatable bonds is 4. The van der Waals surface area contributed by atoms with E-state index in [4.69, 9.17) is 27.9 Å². The number of aromatic nitrogens is 2. The molecule has 98 valence electrons. The van der Waals surface area contributed by atoms with E-state index in [0.29, 0.717) is 21.5 Å². The van der Waals surface area contributed by atoms with E-state index >= 15 is 0 Å². The molecule has 2 rings (SSSR count). The fourth-order valence-electron chi connectivity index (χ4n) is 1.53. The van der Waals surface area contributed by atoms with Crippen LogP contribution < -0.4 is 4.74 Å². The molecule has 0 saturated carbocycles. The summed E-state index contributed by atoms with van der Waals surface area (Å²) in [7, 11) is 1.48. The Balaban J connectivity index is 2.20. The molecule has 1 heterocycles. The van der Waals surface area contributed by atoms with Crippen LogP contribution >= 0.6 is 23.2 Å². The Bertz CT molecular complexity index is 617. The average molecular weight is 297 g/mol. The maximum atomic E-state index is 12.1. The van der Waals surface area contributed by atoms with Crippen LogP contribution in [0.1, 0.15) is 16.1 Å². The highest BCUT2D eigenvalue weighted by Crippen LogP contribution is 2.22. The van der Waals surface area contributed by atoms with E-state index in [9.17, 15) is 4.79 Å². The Morgan fingerprint density at radius 2 is 2.05 bits per heavy atom. The minimum absolute atomic E-state index is 0.149. The number of halogens is 2. The molecule has 0 bridgehead atoms. The summed E-state index contributed by atoms with van der Waals surface area (Å²) in [6.45, 7) is 0. The van der Waals surface area contributed by atoms with E-state index in [0.717, 1.165) is 0 Å². The molecule has 6 heteroatoms. The van der Waals surface area contributed by atoms with E-state index in [1.807, 2.05) is 0 Å². The summed E-state index contributed by atoms with van der Waals surface area (Å²) in [5, 5.41) is 0.992. The van der Waals surface area contributed by atoms with Gasteiger partial charge in [0.25, 0.3) is 0 Å². The van der Waals surface area contributed by atoms with Gasteiger partial charge in [0.05, 0.1) is 7.11 Å². The van der Waals surface area contributed by atoms with Crippen LogP contribution in [0.15, 0.2) is 30.6 Å². The quantitative estimate of drug-likeness (QED) is 0.813. The Hall–Kier alpha value is -1.65. The molecule has 2 aromatic rings. The van der Waals surface area contributed by atoms with Crippen LogP contribution in [0, 0.1) is 0 Å². The summed E-state index contributed by atoms with van der Waals surface area (Å²) in [6, 6.07) is 6.51. The topological polar surface area (TPSA) is 52.1 Å². The maximum Gasteiger partial charge on any atom is 0.216 e. The molecule has 19 heavy (non-hydrogen) atoms. The summed E-state index contributed by atoms with van der Waals surface area (Å²) in [5.41, 5.74) is 0.992. The molecule has 0 N–H and O–H groups in total. The number of hydrogen-bond donors (Lipinski definition) is 0. The molecule has 0 spiro atoms. The van der Waals surface area contributed by atoms with Gasteiger partial charge in [-0.3, -0.25) is 4.79 Å². The first-order valence-corrected chi connectivity index (χ1v) is 6.19. The number of nitrogens with zero attached hydrogens (tertiary/aromatic N) is 2. The van der Waals surface area contributed by atoms with E-state index < -0.39 is 0 Å². The largest absolute Gasteiger partial charge is 0.481 e. The second-order valence-corrected chi connectivity index (χ2v) is 4.62. The predicted molar refractivity (Wildman–Crippen MR) is 73.1 cm³/mol. The van der Waals surface area contributed by atoms with Crippen LogP contribution in [-0.2, 0) is 6.42 Å². The zero-order chi connectivity index (χ0) is 13.8. The third-order valence-electron chi connectivity index (χ3n) is 2.50. The summed E-state index contributed by atoms with van der Waals surface area (Å²) in [4.78, 5) is 19.9. The van der Waals surface area contributed by atoms with Gasteiger partial charge in [-0.25, -0.2) is 9.97 Å². The molecule has 0 unspecified atom stereocenters. The van der Waals surface area contributed by atoms with Gasteiger partial charge in [-0.1, -0.05) is 29.3 Å². The van der Waals surface area contributed by atoms with Gasteiger partial charge < -0.3 is 4.74 Å². The van der Waals surface area contributed by atoms with Crippen molar-refractivity contribution in [3.63, 3.8) is 0 Å². The lowest BCUT2D eigenvalue weighted by atomic mass is 10.1. The van der Waals surface area contributed by atoms with Gasteiger partial charge >= 0.3 is 0 Å². The van der Waals surface area contributed by atoms with E-state index in [2.05, 4.69) is 9.97 Å². The van der Waals surface area contributed by atoms with Crippen LogP contribution in [0.2, 0.25) is 10.0 Å². The van der Waals surface area contributed by atoms with Crippen molar-refractivity contribution in [3.05, 3.63) is 51.9 Å². The number of benzene rings is 1.